The second kappa shape index (κ2) is 13.9. The van der Waals surface area contributed by atoms with Crippen LogP contribution in [0.25, 0.3) is 0 Å². The van der Waals surface area contributed by atoms with Crippen LogP contribution in [0.1, 0.15) is 57.6 Å². The van der Waals surface area contributed by atoms with Crippen LogP contribution >= 0.6 is 0 Å². The summed E-state index contributed by atoms with van der Waals surface area (Å²) in [5.41, 5.74) is 0.319. The number of unbranched alkanes of at least 4 members (excludes halogenated alkanes) is 3. The number of ether oxygens (including phenoxy) is 2. The zero-order valence-corrected chi connectivity index (χ0v) is 21.1. The van der Waals surface area contributed by atoms with Gasteiger partial charge in [0.1, 0.15) is 18.0 Å². The van der Waals surface area contributed by atoms with Gasteiger partial charge in [-0.3, -0.25) is 10.1 Å². The zero-order chi connectivity index (χ0) is 26.6. The number of amides is 2. The Bertz CT molecular complexity index is 1010. The quantitative estimate of drug-likeness (QED) is 0.222. The molecule has 10 heteroatoms. The Kier molecular flexibility index (Phi) is 11.0. The van der Waals surface area contributed by atoms with Gasteiger partial charge in [-0.1, -0.05) is 43.2 Å². The molecule has 0 aliphatic rings. The van der Waals surface area contributed by atoms with E-state index in [1.807, 2.05) is 30.3 Å². The molecule has 0 aliphatic heterocycles. The van der Waals surface area contributed by atoms with Crippen molar-refractivity contribution in [2.75, 3.05) is 13.1 Å². The summed E-state index contributed by atoms with van der Waals surface area (Å²) < 4.78 is 10.6. The van der Waals surface area contributed by atoms with Crippen LogP contribution in [-0.2, 0) is 22.6 Å². The van der Waals surface area contributed by atoms with Gasteiger partial charge < -0.3 is 24.8 Å². The van der Waals surface area contributed by atoms with Crippen molar-refractivity contribution in [3.05, 3.63) is 69.8 Å². The number of nitrogens with one attached hydrogen (secondary N) is 1. The second-order valence-electron chi connectivity index (χ2n) is 9.37. The first-order chi connectivity index (χ1) is 17.0. The SMILES string of the molecule is CC(C)(C)OC(=O)NCCCCCCN(Cc1cc(O)ccc1[N+](=O)[O-])C(=O)OCc1ccccc1. The van der Waals surface area contributed by atoms with Crippen molar-refractivity contribution in [3.63, 3.8) is 0 Å². The lowest BCUT2D eigenvalue weighted by Gasteiger charge is -2.22. The number of phenols is 1. The van der Waals surface area contributed by atoms with Crippen LogP contribution in [0.3, 0.4) is 0 Å². The van der Waals surface area contributed by atoms with Crippen molar-refractivity contribution in [2.45, 2.75) is 65.2 Å². The molecule has 0 aliphatic carbocycles. The van der Waals surface area contributed by atoms with Gasteiger partial charge in [0.25, 0.3) is 5.69 Å². The van der Waals surface area contributed by atoms with Gasteiger partial charge in [0.2, 0.25) is 0 Å². The summed E-state index contributed by atoms with van der Waals surface area (Å²) in [6.45, 7) is 6.21. The topological polar surface area (TPSA) is 131 Å². The fraction of sp³-hybridized carbons (Fsp3) is 0.462. The Morgan fingerprint density at radius 2 is 1.75 bits per heavy atom. The van der Waals surface area contributed by atoms with E-state index in [9.17, 15) is 24.8 Å². The Hall–Kier alpha value is -3.82. The van der Waals surface area contributed by atoms with E-state index in [1.54, 1.807) is 20.8 Å². The van der Waals surface area contributed by atoms with Crippen molar-refractivity contribution in [1.82, 2.24) is 10.2 Å². The summed E-state index contributed by atoms with van der Waals surface area (Å²) >= 11 is 0. The molecule has 0 bridgehead atoms. The number of carbonyl (C=O) groups is 2. The predicted molar refractivity (Wildman–Crippen MR) is 135 cm³/mol. The van der Waals surface area contributed by atoms with E-state index >= 15 is 0 Å². The van der Waals surface area contributed by atoms with E-state index in [2.05, 4.69) is 5.32 Å². The number of nitro groups is 1. The third-order valence-corrected chi connectivity index (χ3v) is 5.11. The molecule has 0 unspecified atom stereocenters. The number of phenolic OH excluding ortho intramolecular Hbond substituents is 1. The van der Waals surface area contributed by atoms with Crippen molar-refractivity contribution < 1.29 is 29.1 Å². The molecule has 2 aromatic rings. The van der Waals surface area contributed by atoms with E-state index in [1.165, 1.54) is 23.1 Å². The number of hydrogen-bond donors (Lipinski definition) is 2. The summed E-state index contributed by atoms with van der Waals surface area (Å²) in [5, 5.41) is 24.0. The fourth-order valence-corrected chi connectivity index (χ4v) is 3.41. The minimum Gasteiger partial charge on any atom is -0.508 e. The van der Waals surface area contributed by atoms with E-state index < -0.39 is 22.7 Å². The summed E-state index contributed by atoms with van der Waals surface area (Å²) in [4.78, 5) is 36.8. The van der Waals surface area contributed by atoms with Gasteiger partial charge in [-0.05, 0) is 51.3 Å². The molecule has 0 saturated heterocycles. The molecule has 2 rings (SSSR count). The molecule has 2 N–H and O–H groups in total. The molecular weight excluding hydrogens is 466 g/mol. The number of aromatic hydroxyl groups is 1. The molecule has 196 valence electrons. The van der Waals surface area contributed by atoms with Gasteiger partial charge in [-0.25, -0.2) is 9.59 Å². The summed E-state index contributed by atoms with van der Waals surface area (Å²) in [7, 11) is 0. The Morgan fingerprint density at radius 3 is 2.42 bits per heavy atom. The Balaban J connectivity index is 1.91. The molecule has 0 saturated carbocycles. The third-order valence-electron chi connectivity index (χ3n) is 5.11. The summed E-state index contributed by atoms with van der Waals surface area (Å²) in [6, 6.07) is 13.0. The third kappa shape index (κ3) is 10.6. The lowest BCUT2D eigenvalue weighted by Crippen LogP contribution is -2.33. The number of carbonyl (C=O) groups excluding carboxylic acids is 2. The molecule has 0 heterocycles. The van der Waals surface area contributed by atoms with Gasteiger partial charge >= 0.3 is 12.2 Å². The van der Waals surface area contributed by atoms with Crippen molar-refractivity contribution in [2.24, 2.45) is 0 Å². The maximum absolute atomic E-state index is 12.9. The smallest absolute Gasteiger partial charge is 0.410 e. The van der Waals surface area contributed by atoms with Crippen LogP contribution in [0.4, 0.5) is 15.3 Å². The van der Waals surface area contributed by atoms with Crippen LogP contribution in [-0.4, -0.2) is 45.8 Å². The number of hydrogen-bond acceptors (Lipinski definition) is 7. The molecule has 2 amide bonds. The van der Waals surface area contributed by atoms with Crippen LogP contribution < -0.4 is 5.32 Å². The number of nitro benzene ring substituents is 1. The molecule has 2 aromatic carbocycles. The molecule has 36 heavy (non-hydrogen) atoms. The fourth-order valence-electron chi connectivity index (χ4n) is 3.41. The standard InChI is InChI=1S/C26H35N3O7/c1-26(2,3)36-24(31)27-15-9-4-5-10-16-28(25(32)35-19-20-11-7-6-8-12-20)18-21-17-22(30)13-14-23(21)29(33)34/h6-8,11-14,17,30H,4-5,9-10,15-16,18-19H2,1-3H3,(H,27,31). The second-order valence-corrected chi connectivity index (χ2v) is 9.37. The summed E-state index contributed by atoms with van der Waals surface area (Å²) in [5.74, 6) is -0.120. The highest BCUT2D eigenvalue weighted by Gasteiger charge is 2.22. The summed E-state index contributed by atoms with van der Waals surface area (Å²) in [6.07, 6.45) is 1.93. The molecule has 0 radical (unpaired) electrons. The number of rotatable bonds is 12. The van der Waals surface area contributed by atoms with Crippen molar-refractivity contribution in [3.8, 4) is 5.75 Å². The monoisotopic (exact) mass is 501 g/mol. The number of nitrogens with zero attached hydrogens (tertiary/aromatic N) is 2. The highest BCUT2D eigenvalue weighted by Crippen LogP contribution is 2.25. The van der Waals surface area contributed by atoms with Gasteiger partial charge in [0.05, 0.1) is 17.0 Å². The van der Waals surface area contributed by atoms with Crippen molar-refractivity contribution in [1.29, 1.82) is 0 Å². The lowest BCUT2D eigenvalue weighted by molar-refractivity contribution is -0.385. The van der Waals surface area contributed by atoms with Crippen molar-refractivity contribution >= 4 is 17.9 Å². The molecule has 0 fully saturated rings. The van der Waals surface area contributed by atoms with Gasteiger partial charge in [0, 0.05) is 19.2 Å². The first-order valence-electron chi connectivity index (χ1n) is 11.9. The van der Waals surface area contributed by atoms with E-state index in [0.717, 1.165) is 24.8 Å². The van der Waals surface area contributed by atoms with Crippen LogP contribution in [0, 0.1) is 10.1 Å². The van der Waals surface area contributed by atoms with Gasteiger partial charge in [-0.15, -0.1) is 0 Å². The minimum absolute atomic E-state index is 0.0709. The molecular formula is C26H35N3O7. The zero-order valence-electron chi connectivity index (χ0n) is 21.1. The normalized spacial score (nSPS) is 11.0. The van der Waals surface area contributed by atoms with E-state index in [0.29, 0.717) is 19.5 Å². The maximum Gasteiger partial charge on any atom is 0.410 e. The van der Waals surface area contributed by atoms with Crippen LogP contribution in [0.5, 0.6) is 5.75 Å². The molecule has 0 spiro atoms. The maximum atomic E-state index is 12.9. The Morgan fingerprint density at radius 1 is 1.06 bits per heavy atom. The Labute approximate surface area is 211 Å². The lowest BCUT2D eigenvalue weighted by atomic mass is 10.1. The highest BCUT2D eigenvalue weighted by atomic mass is 16.6. The molecule has 10 nitrogen and oxygen atoms in total. The van der Waals surface area contributed by atoms with Crippen LogP contribution in [0.15, 0.2) is 48.5 Å². The highest BCUT2D eigenvalue weighted by molar-refractivity contribution is 5.68. The first-order valence-corrected chi connectivity index (χ1v) is 11.9. The van der Waals surface area contributed by atoms with E-state index in [4.69, 9.17) is 9.47 Å². The molecule has 0 atom stereocenters. The average molecular weight is 502 g/mol. The van der Waals surface area contributed by atoms with E-state index in [-0.39, 0.29) is 30.2 Å². The predicted octanol–water partition coefficient (Wildman–Crippen LogP) is 5.52. The van der Waals surface area contributed by atoms with Gasteiger partial charge in [-0.2, -0.15) is 0 Å². The number of benzene rings is 2. The minimum atomic E-state index is -0.594. The van der Waals surface area contributed by atoms with Crippen LogP contribution in [0.2, 0.25) is 0 Å². The largest absolute Gasteiger partial charge is 0.508 e. The number of alkyl carbamates (subject to hydrolysis) is 1. The average Bonchev–Trinajstić information content (AvgIpc) is 2.80. The first kappa shape index (κ1) is 28.4. The molecule has 0 aromatic heterocycles. The van der Waals surface area contributed by atoms with Gasteiger partial charge in [0.15, 0.2) is 0 Å².